The predicted molar refractivity (Wildman–Crippen MR) is 85.6 cm³/mol. The Balaban J connectivity index is 1.95. The maximum Gasteiger partial charge on any atom is 0.238 e. The molecule has 1 aliphatic rings. The van der Waals surface area contributed by atoms with Crippen molar-refractivity contribution in [1.29, 1.82) is 0 Å². The third kappa shape index (κ3) is 4.33. The van der Waals surface area contributed by atoms with E-state index in [-0.39, 0.29) is 12.0 Å². The molecule has 1 aromatic rings. The minimum atomic E-state index is -0.0516. The molecule has 21 heavy (non-hydrogen) atoms. The molecule has 2 unspecified atom stereocenters. The van der Waals surface area contributed by atoms with Crippen LogP contribution in [0, 0.1) is 0 Å². The van der Waals surface area contributed by atoms with Gasteiger partial charge in [-0.25, -0.2) is 0 Å². The lowest BCUT2D eigenvalue weighted by atomic mass is 10.1. The Kier molecular flexibility index (Phi) is 5.45. The van der Waals surface area contributed by atoms with Gasteiger partial charge in [0.15, 0.2) is 0 Å². The number of morpholine rings is 1. The molecule has 0 bridgehead atoms. The molecule has 0 spiro atoms. The van der Waals surface area contributed by atoms with E-state index >= 15 is 0 Å². The van der Waals surface area contributed by atoms with Gasteiger partial charge in [-0.2, -0.15) is 0 Å². The van der Waals surface area contributed by atoms with E-state index in [9.17, 15) is 4.79 Å². The molecule has 0 saturated carbocycles. The first-order valence-electron chi connectivity index (χ1n) is 7.20. The van der Waals surface area contributed by atoms with Gasteiger partial charge in [0.2, 0.25) is 5.91 Å². The molecule has 1 amide bonds. The van der Waals surface area contributed by atoms with E-state index in [0.29, 0.717) is 35.6 Å². The maximum absolute atomic E-state index is 12.2. The van der Waals surface area contributed by atoms with Crippen molar-refractivity contribution in [1.82, 2.24) is 4.90 Å². The number of nitrogens with two attached hydrogens (primary N) is 1. The summed E-state index contributed by atoms with van der Waals surface area (Å²) in [7, 11) is 0. The van der Waals surface area contributed by atoms with Crippen LogP contribution in [0.5, 0.6) is 0 Å². The molecule has 3 N–H and O–H groups in total. The molecular formula is C15H22ClN3O2. The summed E-state index contributed by atoms with van der Waals surface area (Å²) in [4.78, 5) is 14.3. The predicted octanol–water partition coefficient (Wildman–Crippen LogP) is 2.36. The average Bonchev–Trinajstić information content (AvgIpc) is 2.43. The van der Waals surface area contributed by atoms with Crippen LogP contribution in [0.2, 0.25) is 5.02 Å². The van der Waals surface area contributed by atoms with E-state index in [1.807, 2.05) is 6.92 Å². The van der Waals surface area contributed by atoms with Gasteiger partial charge in [-0.15, -0.1) is 0 Å². The number of nitrogen functional groups attached to an aromatic ring is 1. The number of carbonyl (C=O) groups is 1. The second kappa shape index (κ2) is 7.11. The van der Waals surface area contributed by atoms with Gasteiger partial charge in [0.1, 0.15) is 0 Å². The molecule has 1 saturated heterocycles. The van der Waals surface area contributed by atoms with E-state index in [4.69, 9.17) is 22.1 Å². The average molecular weight is 312 g/mol. The van der Waals surface area contributed by atoms with E-state index in [1.54, 1.807) is 18.2 Å². The minimum Gasteiger partial charge on any atom is -0.397 e. The van der Waals surface area contributed by atoms with Gasteiger partial charge in [0.25, 0.3) is 0 Å². The maximum atomic E-state index is 12.2. The highest BCUT2D eigenvalue weighted by Crippen LogP contribution is 2.22. The largest absolute Gasteiger partial charge is 0.397 e. The summed E-state index contributed by atoms with van der Waals surface area (Å²) < 4.78 is 5.64. The van der Waals surface area contributed by atoms with E-state index in [1.165, 1.54) is 0 Å². The number of ether oxygens (including phenoxy) is 1. The summed E-state index contributed by atoms with van der Waals surface area (Å²) in [5.41, 5.74) is 6.85. The van der Waals surface area contributed by atoms with Crippen LogP contribution in [0.1, 0.15) is 20.3 Å². The second-order valence-corrected chi connectivity index (χ2v) is 5.83. The topological polar surface area (TPSA) is 67.6 Å². The monoisotopic (exact) mass is 311 g/mol. The quantitative estimate of drug-likeness (QED) is 0.838. The first kappa shape index (κ1) is 16.1. The van der Waals surface area contributed by atoms with Crippen LogP contribution >= 0.6 is 11.6 Å². The van der Waals surface area contributed by atoms with Crippen LogP contribution < -0.4 is 11.1 Å². The van der Waals surface area contributed by atoms with Gasteiger partial charge in [0, 0.05) is 18.3 Å². The van der Waals surface area contributed by atoms with E-state index in [0.717, 1.165) is 13.0 Å². The second-order valence-electron chi connectivity index (χ2n) is 5.42. The Hall–Kier alpha value is -1.30. The van der Waals surface area contributed by atoms with Gasteiger partial charge >= 0.3 is 0 Å². The van der Waals surface area contributed by atoms with Crippen LogP contribution in [-0.2, 0) is 9.53 Å². The van der Waals surface area contributed by atoms with Crippen molar-refractivity contribution in [2.75, 3.05) is 30.7 Å². The highest BCUT2D eigenvalue weighted by atomic mass is 35.5. The molecule has 1 heterocycles. The number of halogens is 1. The number of nitrogens with zero attached hydrogens (tertiary/aromatic N) is 1. The first-order valence-corrected chi connectivity index (χ1v) is 7.58. The standard InChI is InChI=1S/C15H22ClN3O2/c1-3-12-9-21-10(2)7-19(12)8-15(20)18-11-4-5-13(16)14(17)6-11/h4-6,10,12H,3,7-9,17H2,1-2H3,(H,18,20). The number of carbonyl (C=O) groups excluding carboxylic acids is 1. The molecule has 0 aliphatic carbocycles. The summed E-state index contributed by atoms with van der Waals surface area (Å²) in [5, 5.41) is 3.34. The number of hydrogen-bond acceptors (Lipinski definition) is 4. The number of amides is 1. The summed E-state index contributed by atoms with van der Waals surface area (Å²) in [5.74, 6) is -0.0516. The normalized spacial score (nSPS) is 23.0. The molecular weight excluding hydrogens is 290 g/mol. The first-order chi connectivity index (χ1) is 9.99. The van der Waals surface area contributed by atoms with Gasteiger partial charge in [-0.05, 0) is 31.5 Å². The SMILES string of the molecule is CCC1COC(C)CN1CC(=O)Nc1ccc(Cl)c(N)c1. The lowest BCUT2D eigenvalue weighted by Gasteiger charge is -2.37. The summed E-state index contributed by atoms with van der Waals surface area (Å²) >= 11 is 5.87. The lowest BCUT2D eigenvalue weighted by Crippen LogP contribution is -2.51. The van der Waals surface area contributed by atoms with Gasteiger partial charge in [-0.3, -0.25) is 9.69 Å². The Morgan fingerprint density at radius 3 is 3.00 bits per heavy atom. The van der Waals surface area contributed by atoms with Crippen LogP contribution in [0.15, 0.2) is 18.2 Å². The fourth-order valence-corrected chi connectivity index (χ4v) is 2.61. The Morgan fingerprint density at radius 2 is 2.33 bits per heavy atom. The zero-order valence-electron chi connectivity index (χ0n) is 12.4. The zero-order chi connectivity index (χ0) is 15.4. The fourth-order valence-electron chi connectivity index (χ4n) is 2.49. The number of benzene rings is 1. The fraction of sp³-hybridized carbons (Fsp3) is 0.533. The summed E-state index contributed by atoms with van der Waals surface area (Å²) in [6, 6.07) is 5.38. The van der Waals surface area contributed by atoms with E-state index in [2.05, 4.69) is 17.1 Å². The molecule has 0 aromatic heterocycles. The van der Waals surface area contributed by atoms with Crippen molar-refractivity contribution in [3.63, 3.8) is 0 Å². The number of nitrogens with one attached hydrogen (secondary N) is 1. The van der Waals surface area contributed by atoms with Gasteiger partial charge in [-0.1, -0.05) is 18.5 Å². The highest BCUT2D eigenvalue weighted by molar-refractivity contribution is 6.33. The molecule has 116 valence electrons. The molecule has 2 atom stereocenters. The third-order valence-corrected chi connectivity index (χ3v) is 4.02. The molecule has 0 radical (unpaired) electrons. The number of rotatable bonds is 4. The van der Waals surface area contributed by atoms with E-state index < -0.39 is 0 Å². The third-order valence-electron chi connectivity index (χ3n) is 3.68. The van der Waals surface area contributed by atoms with Crippen molar-refractivity contribution in [2.24, 2.45) is 0 Å². The van der Waals surface area contributed by atoms with Crippen molar-refractivity contribution in [3.8, 4) is 0 Å². The molecule has 2 rings (SSSR count). The molecule has 1 aliphatic heterocycles. The van der Waals surface area contributed by atoms with Crippen LogP contribution in [0.3, 0.4) is 0 Å². The van der Waals surface area contributed by atoms with Crippen molar-refractivity contribution < 1.29 is 9.53 Å². The number of hydrogen-bond donors (Lipinski definition) is 2. The Labute approximate surface area is 130 Å². The Bertz CT molecular complexity index is 510. The van der Waals surface area contributed by atoms with Crippen LogP contribution in [0.25, 0.3) is 0 Å². The Morgan fingerprint density at radius 1 is 1.57 bits per heavy atom. The molecule has 5 nitrogen and oxygen atoms in total. The van der Waals surface area contributed by atoms with Crippen molar-refractivity contribution >= 4 is 28.9 Å². The zero-order valence-corrected chi connectivity index (χ0v) is 13.2. The minimum absolute atomic E-state index is 0.0516. The van der Waals surface area contributed by atoms with Gasteiger partial charge in [0.05, 0.1) is 30.0 Å². The molecule has 1 fully saturated rings. The van der Waals surface area contributed by atoms with Crippen molar-refractivity contribution in [2.45, 2.75) is 32.4 Å². The summed E-state index contributed by atoms with van der Waals surface area (Å²) in [6.07, 6.45) is 1.13. The van der Waals surface area contributed by atoms with Crippen LogP contribution in [-0.4, -0.2) is 42.6 Å². The van der Waals surface area contributed by atoms with Gasteiger partial charge < -0.3 is 15.8 Å². The highest BCUT2D eigenvalue weighted by Gasteiger charge is 2.26. The summed E-state index contributed by atoms with van der Waals surface area (Å²) in [6.45, 7) is 5.94. The molecule has 6 heteroatoms. The molecule has 1 aromatic carbocycles. The number of anilines is 2. The van der Waals surface area contributed by atoms with Crippen LogP contribution in [0.4, 0.5) is 11.4 Å². The smallest absolute Gasteiger partial charge is 0.238 e. The lowest BCUT2D eigenvalue weighted by molar-refractivity contribution is -0.121. The van der Waals surface area contributed by atoms with Crippen molar-refractivity contribution in [3.05, 3.63) is 23.2 Å².